The average molecular weight is 210 g/mol. The molecule has 0 radical (unpaired) electrons. The Kier molecular flexibility index (Phi) is 3.68. The average Bonchev–Trinajstić information content (AvgIpc) is 2.56. The highest BCUT2D eigenvalue weighted by Crippen LogP contribution is 2.32. The minimum Gasteiger partial charge on any atom is -0.328 e. The molecule has 0 aromatic rings. The molecule has 2 nitrogen and oxygen atoms in total. The highest BCUT2D eigenvalue weighted by molar-refractivity contribution is 4.84. The lowest BCUT2D eigenvalue weighted by atomic mass is 9.96. The Labute approximate surface area is 94.2 Å². The Morgan fingerprint density at radius 3 is 2.53 bits per heavy atom. The van der Waals surface area contributed by atoms with Gasteiger partial charge < -0.3 is 10.6 Å². The topological polar surface area (TPSA) is 29.3 Å². The van der Waals surface area contributed by atoms with E-state index in [4.69, 9.17) is 5.73 Å². The summed E-state index contributed by atoms with van der Waals surface area (Å²) in [5.41, 5.74) is 5.99. The van der Waals surface area contributed by atoms with E-state index in [2.05, 4.69) is 18.7 Å². The lowest BCUT2D eigenvalue weighted by Gasteiger charge is -2.37. The van der Waals surface area contributed by atoms with Gasteiger partial charge in [-0.05, 0) is 51.0 Å². The van der Waals surface area contributed by atoms with Crippen molar-refractivity contribution in [2.75, 3.05) is 13.1 Å². The van der Waals surface area contributed by atoms with Crippen LogP contribution in [-0.2, 0) is 0 Å². The number of hydrogen-bond acceptors (Lipinski definition) is 2. The first-order valence-electron chi connectivity index (χ1n) is 6.64. The lowest BCUT2D eigenvalue weighted by Crippen LogP contribution is -2.47. The summed E-state index contributed by atoms with van der Waals surface area (Å²) in [6.45, 7) is 7.30. The zero-order valence-electron chi connectivity index (χ0n) is 10.3. The number of rotatable bonds is 2. The van der Waals surface area contributed by atoms with Crippen LogP contribution in [0.1, 0.15) is 46.0 Å². The second-order valence-electron chi connectivity index (χ2n) is 5.91. The molecule has 2 rings (SSSR count). The van der Waals surface area contributed by atoms with E-state index in [1.807, 2.05) is 0 Å². The molecule has 1 aliphatic heterocycles. The third-order valence-electron chi connectivity index (χ3n) is 4.35. The lowest BCUT2D eigenvalue weighted by molar-refractivity contribution is 0.125. The third kappa shape index (κ3) is 2.94. The van der Waals surface area contributed by atoms with E-state index in [9.17, 15) is 0 Å². The summed E-state index contributed by atoms with van der Waals surface area (Å²) in [5, 5.41) is 0. The Bertz CT molecular complexity index is 205. The van der Waals surface area contributed by atoms with Gasteiger partial charge in [0.05, 0.1) is 0 Å². The molecule has 0 amide bonds. The molecule has 1 heterocycles. The van der Waals surface area contributed by atoms with Crippen LogP contribution in [0.15, 0.2) is 0 Å². The maximum absolute atomic E-state index is 5.99. The molecule has 1 aliphatic carbocycles. The van der Waals surface area contributed by atoms with Crippen LogP contribution in [0.2, 0.25) is 0 Å². The summed E-state index contributed by atoms with van der Waals surface area (Å²) in [4.78, 5) is 2.67. The fraction of sp³-hybridized carbons (Fsp3) is 1.00. The maximum atomic E-state index is 5.99. The Balaban J connectivity index is 1.79. The molecule has 2 heteroatoms. The first-order chi connectivity index (χ1) is 7.15. The van der Waals surface area contributed by atoms with E-state index in [0.717, 1.165) is 11.8 Å². The van der Waals surface area contributed by atoms with Crippen LogP contribution < -0.4 is 5.73 Å². The van der Waals surface area contributed by atoms with Crippen LogP contribution in [0, 0.1) is 11.8 Å². The summed E-state index contributed by atoms with van der Waals surface area (Å²) < 4.78 is 0. The summed E-state index contributed by atoms with van der Waals surface area (Å²) in [5.74, 6) is 1.94. The van der Waals surface area contributed by atoms with E-state index in [1.165, 1.54) is 45.2 Å². The predicted octanol–water partition coefficient (Wildman–Crippen LogP) is 2.23. The number of hydrogen-bond donors (Lipinski definition) is 1. The highest BCUT2D eigenvalue weighted by atomic mass is 15.2. The van der Waals surface area contributed by atoms with Gasteiger partial charge in [0.1, 0.15) is 0 Å². The van der Waals surface area contributed by atoms with Gasteiger partial charge in [-0.3, -0.25) is 0 Å². The first-order valence-corrected chi connectivity index (χ1v) is 6.64. The second-order valence-corrected chi connectivity index (χ2v) is 5.91. The van der Waals surface area contributed by atoms with Gasteiger partial charge in [0, 0.05) is 18.6 Å². The predicted molar refractivity (Wildman–Crippen MR) is 64.7 cm³/mol. The molecule has 2 fully saturated rings. The number of nitrogens with two attached hydrogens (primary N) is 1. The van der Waals surface area contributed by atoms with E-state index in [1.54, 1.807) is 0 Å². The van der Waals surface area contributed by atoms with Gasteiger partial charge in [0.2, 0.25) is 0 Å². The molecule has 0 bridgehead atoms. The molecule has 2 N–H and O–H groups in total. The summed E-state index contributed by atoms with van der Waals surface area (Å²) in [6, 6.07) is 1.17. The molecule has 15 heavy (non-hydrogen) atoms. The van der Waals surface area contributed by atoms with Crippen molar-refractivity contribution in [1.82, 2.24) is 4.90 Å². The fourth-order valence-corrected chi connectivity index (χ4v) is 3.35. The van der Waals surface area contributed by atoms with Crippen molar-refractivity contribution in [3.05, 3.63) is 0 Å². The first kappa shape index (κ1) is 11.4. The molecule has 0 aromatic carbocycles. The van der Waals surface area contributed by atoms with Crippen molar-refractivity contribution >= 4 is 0 Å². The van der Waals surface area contributed by atoms with E-state index in [-0.39, 0.29) is 0 Å². The van der Waals surface area contributed by atoms with Crippen molar-refractivity contribution in [2.24, 2.45) is 17.6 Å². The normalized spacial score (nSPS) is 43.4. The molecular weight excluding hydrogens is 184 g/mol. The Morgan fingerprint density at radius 1 is 1.13 bits per heavy atom. The van der Waals surface area contributed by atoms with Crippen molar-refractivity contribution in [1.29, 1.82) is 0 Å². The minimum absolute atomic E-state index is 0.457. The number of likely N-dealkylation sites (tertiary alicyclic amines) is 1. The highest BCUT2D eigenvalue weighted by Gasteiger charge is 2.28. The molecule has 4 atom stereocenters. The molecule has 0 spiro atoms. The molecular formula is C13H26N2. The second kappa shape index (κ2) is 4.84. The van der Waals surface area contributed by atoms with Crippen molar-refractivity contribution < 1.29 is 0 Å². The van der Waals surface area contributed by atoms with Gasteiger partial charge in [0.15, 0.2) is 0 Å². The molecule has 2 aliphatic rings. The number of piperidine rings is 1. The third-order valence-corrected chi connectivity index (χ3v) is 4.35. The fourth-order valence-electron chi connectivity index (χ4n) is 3.35. The van der Waals surface area contributed by atoms with Gasteiger partial charge in [-0.25, -0.2) is 0 Å². The van der Waals surface area contributed by atoms with Gasteiger partial charge in [-0.2, -0.15) is 0 Å². The Morgan fingerprint density at radius 2 is 1.93 bits per heavy atom. The van der Waals surface area contributed by atoms with Crippen molar-refractivity contribution in [3.63, 3.8) is 0 Å². The van der Waals surface area contributed by atoms with Crippen molar-refractivity contribution in [3.8, 4) is 0 Å². The molecule has 0 aromatic heterocycles. The quantitative estimate of drug-likeness (QED) is 0.757. The SMILES string of the molecule is CC1CCC(CN2CCC(N)CC2C)C1. The van der Waals surface area contributed by atoms with Crippen LogP contribution in [0.3, 0.4) is 0 Å². The molecule has 4 unspecified atom stereocenters. The van der Waals surface area contributed by atoms with Gasteiger partial charge >= 0.3 is 0 Å². The van der Waals surface area contributed by atoms with Crippen LogP contribution in [0.5, 0.6) is 0 Å². The Hall–Kier alpha value is -0.0800. The van der Waals surface area contributed by atoms with Crippen LogP contribution in [0.25, 0.3) is 0 Å². The zero-order valence-corrected chi connectivity index (χ0v) is 10.3. The standard InChI is InChI=1S/C13H26N2/c1-10-3-4-12(7-10)9-15-6-5-13(14)8-11(15)2/h10-13H,3-9,14H2,1-2H3. The molecule has 88 valence electrons. The summed E-state index contributed by atoms with van der Waals surface area (Å²) in [6.07, 6.45) is 6.76. The van der Waals surface area contributed by atoms with Crippen LogP contribution in [-0.4, -0.2) is 30.1 Å². The van der Waals surface area contributed by atoms with E-state index < -0.39 is 0 Å². The van der Waals surface area contributed by atoms with Crippen LogP contribution in [0.4, 0.5) is 0 Å². The molecule has 1 saturated heterocycles. The number of nitrogens with zero attached hydrogens (tertiary/aromatic N) is 1. The van der Waals surface area contributed by atoms with Crippen LogP contribution >= 0.6 is 0 Å². The van der Waals surface area contributed by atoms with Gasteiger partial charge in [-0.15, -0.1) is 0 Å². The van der Waals surface area contributed by atoms with E-state index >= 15 is 0 Å². The molecule has 1 saturated carbocycles. The monoisotopic (exact) mass is 210 g/mol. The maximum Gasteiger partial charge on any atom is 0.00817 e. The van der Waals surface area contributed by atoms with Gasteiger partial charge in [-0.1, -0.05) is 13.3 Å². The zero-order chi connectivity index (χ0) is 10.8. The largest absolute Gasteiger partial charge is 0.328 e. The minimum atomic E-state index is 0.457. The smallest absolute Gasteiger partial charge is 0.00817 e. The summed E-state index contributed by atoms with van der Waals surface area (Å²) >= 11 is 0. The van der Waals surface area contributed by atoms with E-state index in [0.29, 0.717) is 12.1 Å². The van der Waals surface area contributed by atoms with Crippen molar-refractivity contribution in [2.45, 2.75) is 58.0 Å². The van der Waals surface area contributed by atoms with Gasteiger partial charge in [0.25, 0.3) is 0 Å². The summed E-state index contributed by atoms with van der Waals surface area (Å²) in [7, 11) is 0.